The highest BCUT2D eigenvalue weighted by Gasteiger charge is 2.03. The lowest BCUT2D eigenvalue weighted by Crippen LogP contribution is -2.40. The molecular formula is C15H25IN4O. The Hall–Kier alpha value is -1.31. The van der Waals surface area contributed by atoms with E-state index in [4.69, 9.17) is 0 Å². The van der Waals surface area contributed by atoms with Gasteiger partial charge in [-0.1, -0.05) is 12.1 Å². The lowest BCUT2D eigenvalue weighted by molar-refractivity contribution is 0.0963. The second-order valence-corrected chi connectivity index (χ2v) is 4.77. The lowest BCUT2D eigenvalue weighted by Gasteiger charge is -2.13. The first-order chi connectivity index (χ1) is 9.56. The number of amides is 1. The molecule has 6 heteroatoms. The summed E-state index contributed by atoms with van der Waals surface area (Å²) in [5, 5.41) is 9.07. The second kappa shape index (κ2) is 10.4. The van der Waals surface area contributed by atoms with E-state index in [0.29, 0.717) is 18.2 Å². The highest BCUT2D eigenvalue weighted by molar-refractivity contribution is 14.0. The normalized spacial score (nSPS) is 10.8. The van der Waals surface area contributed by atoms with Crippen LogP contribution in [0.5, 0.6) is 0 Å². The molecule has 0 aliphatic rings. The maximum absolute atomic E-state index is 11.4. The molecule has 0 aliphatic heterocycles. The maximum atomic E-state index is 11.4. The van der Waals surface area contributed by atoms with Crippen LogP contribution in [0.4, 0.5) is 0 Å². The van der Waals surface area contributed by atoms with Gasteiger partial charge < -0.3 is 16.0 Å². The number of benzene rings is 1. The smallest absolute Gasteiger partial charge is 0.251 e. The van der Waals surface area contributed by atoms with E-state index in [1.807, 2.05) is 31.2 Å². The molecule has 0 saturated heterocycles. The van der Waals surface area contributed by atoms with Crippen molar-refractivity contribution in [2.45, 2.75) is 33.4 Å². The molecule has 3 N–H and O–H groups in total. The molecule has 0 atom stereocenters. The van der Waals surface area contributed by atoms with Gasteiger partial charge in [0.15, 0.2) is 5.96 Å². The van der Waals surface area contributed by atoms with Gasteiger partial charge >= 0.3 is 0 Å². The van der Waals surface area contributed by atoms with Gasteiger partial charge in [0, 0.05) is 25.2 Å². The van der Waals surface area contributed by atoms with E-state index in [0.717, 1.165) is 18.1 Å². The number of hydrogen-bond acceptors (Lipinski definition) is 2. The third kappa shape index (κ3) is 7.31. The Kier molecular flexibility index (Phi) is 9.77. The third-order valence-electron chi connectivity index (χ3n) is 2.63. The van der Waals surface area contributed by atoms with E-state index in [1.54, 1.807) is 7.05 Å². The molecule has 0 bridgehead atoms. The van der Waals surface area contributed by atoms with E-state index >= 15 is 0 Å². The SMILES string of the molecule is CCNC(=NCc1ccc(C(=O)NC)cc1)NC(C)C.I. The van der Waals surface area contributed by atoms with Gasteiger partial charge in [-0.05, 0) is 38.5 Å². The van der Waals surface area contributed by atoms with E-state index in [2.05, 4.69) is 34.8 Å². The highest BCUT2D eigenvalue weighted by atomic mass is 127. The molecule has 0 saturated carbocycles. The molecule has 0 heterocycles. The molecule has 1 rings (SSSR count). The van der Waals surface area contributed by atoms with E-state index < -0.39 is 0 Å². The van der Waals surface area contributed by atoms with Crippen LogP contribution in [0.1, 0.15) is 36.7 Å². The Bertz CT molecular complexity index is 457. The summed E-state index contributed by atoms with van der Waals surface area (Å²) >= 11 is 0. The topological polar surface area (TPSA) is 65.5 Å². The van der Waals surface area contributed by atoms with Crippen LogP contribution in [0.15, 0.2) is 29.3 Å². The number of nitrogens with zero attached hydrogens (tertiary/aromatic N) is 1. The minimum atomic E-state index is -0.0742. The van der Waals surface area contributed by atoms with Crippen LogP contribution in [-0.4, -0.2) is 31.5 Å². The average Bonchev–Trinajstić information content (AvgIpc) is 2.44. The monoisotopic (exact) mass is 404 g/mol. The molecule has 0 aliphatic carbocycles. The van der Waals surface area contributed by atoms with Gasteiger partial charge in [0.1, 0.15) is 0 Å². The third-order valence-corrected chi connectivity index (χ3v) is 2.63. The first kappa shape index (κ1) is 19.7. The summed E-state index contributed by atoms with van der Waals surface area (Å²) in [6.07, 6.45) is 0. The van der Waals surface area contributed by atoms with Gasteiger partial charge in [0.2, 0.25) is 0 Å². The molecule has 1 aromatic carbocycles. The molecule has 1 amide bonds. The summed E-state index contributed by atoms with van der Waals surface area (Å²) in [7, 11) is 1.63. The zero-order chi connectivity index (χ0) is 15.0. The number of halogens is 1. The molecule has 0 radical (unpaired) electrons. The van der Waals surface area contributed by atoms with Gasteiger partial charge in [0.25, 0.3) is 5.91 Å². The molecule has 5 nitrogen and oxygen atoms in total. The number of hydrogen-bond donors (Lipinski definition) is 3. The van der Waals surface area contributed by atoms with Crippen LogP contribution in [0.3, 0.4) is 0 Å². The fourth-order valence-electron chi connectivity index (χ4n) is 1.67. The van der Waals surface area contributed by atoms with Crippen molar-refractivity contribution in [2.24, 2.45) is 4.99 Å². The molecular weight excluding hydrogens is 379 g/mol. The minimum Gasteiger partial charge on any atom is -0.357 e. The number of carbonyl (C=O) groups excluding carboxylic acids is 1. The summed E-state index contributed by atoms with van der Waals surface area (Å²) < 4.78 is 0. The summed E-state index contributed by atoms with van der Waals surface area (Å²) in [6, 6.07) is 7.81. The van der Waals surface area contributed by atoms with Gasteiger partial charge in [0.05, 0.1) is 6.54 Å². The first-order valence-electron chi connectivity index (χ1n) is 6.92. The van der Waals surface area contributed by atoms with Crippen molar-refractivity contribution in [3.8, 4) is 0 Å². The zero-order valence-corrected chi connectivity index (χ0v) is 15.4. The van der Waals surface area contributed by atoms with Gasteiger partial charge in [-0.2, -0.15) is 0 Å². The number of rotatable bonds is 5. The van der Waals surface area contributed by atoms with Gasteiger partial charge in [-0.3, -0.25) is 4.79 Å². The van der Waals surface area contributed by atoms with Crippen molar-refractivity contribution in [1.29, 1.82) is 0 Å². The zero-order valence-electron chi connectivity index (χ0n) is 13.1. The maximum Gasteiger partial charge on any atom is 0.251 e. The van der Waals surface area contributed by atoms with Crippen molar-refractivity contribution in [3.63, 3.8) is 0 Å². The van der Waals surface area contributed by atoms with E-state index in [9.17, 15) is 4.79 Å². The van der Waals surface area contributed by atoms with Crippen molar-refractivity contribution in [3.05, 3.63) is 35.4 Å². The Morgan fingerprint density at radius 1 is 1.24 bits per heavy atom. The van der Waals surface area contributed by atoms with Crippen LogP contribution in [0.25, 0.3) is 0 Å². The largest absolute Gasteiger partial charge is 0.357 e. The number of nitrogens with one attached hydrogen (secondary N) is 3. The number of carbonyl (C=O) groups is 1. The molecule has 0 fully saturated rings. The summed E-state index contributed by atoms with van der Waals surface area (Å²) in [5.41, 5.74) is 1.73. The van der Waals surface area contributed by atoms with Crippen LogP contribution >= 0.6 is 24.0 Å². The fourth-order valence-corrected chi connectivity index (χ4v) is 1.67. The number of guanidine groups is 1. The van der Waals surface area contributed by atoms with E-state index in [1.165, 1.54) is 0 Å². The Balaban J connectivity index is 0.00000400. The number of aliphatic imine (C=N–C) groups is 1. The molecule has 0 aromatic heterocycles. The van der Waals surface area contributed by atoms with Crippen LogP contribution in [-0.2, 0) is 6.54 Å². The molecule has 0 spiro atoms. The summed E-state index contributed by atoms with van der Waals surface area (Å²) in [6.45, 7) is 7.59. The van der Waals surface area contributed by atoms with Crippen molar-refractivity contribution < 1.29 is 4.79 Å². The van der Waals surface area contributed by atoms with Crippen molar-refractivity contribution >= 4 is 35.8 Å². The molecule has 118 valence electrons. The molecule has 21 heavy (non-hydrogen) atoms. The van der Waals surface area contributed by atoms with Crippen LogP contribution < -0.4 is 16.0 Å². The summed E-state index contributed by atoms with van der Waals surface area (Å²) in [4.78, 5) is 16.0. The second-order valence-electron chi connectivity index (χ2n) is 4.77. The Morgan fingerprint density at radius 2 is 1.86 bits per heavy atom. The van der Waals surface area contributed by atoms with E-state index in [-0.39, 0.29) is 29.9 Å². The van der Waals surface area contributed by atoms with Crippen LogP contribution in [0, 0.1) is 0 Å². The predicted octanol–water partition coefficient (Wildman–Crippen LogP) is 2.13. The molecule has 0 unspecified atom stereocenters. The summed E-state index contributed by atoms with van der Waals surface area (Å²) in [5.74, 6) is 0.729. The average molecular weight is 404 g/mol. The first-order valence-corrected chi connectivity index (χ1v) is 6.92. The molecule has 1 aromatic rings. The predicted molar refractivity (Wildman–Crippen MR) is 98.3 cm³/mol. The van der Waals surface area contributed by atoms with Crippen LogP contribution in [0.2, 0.25) is 0 Å². The van der Waals surface area contributed by atoms with Crippen molar-refractivity contribution in [1.82, 2.24) is 16.0 Å². The standard InChI is InChI=1S/C15H24N4O.HI/c1-5-17-15(19-11(2)3)18-10-12-6-8-13(9-7-12)14(20)16-4;/h6-9,11H,5,10H2,1-4H3,(H,16,20)(H2,17,18,19);1H. The van der Waals surface area contributed by atoms with Gasteiger partial charge in [-0.15, -0.1) is 24.0 Å². The minimum absolute atomic E-state index is 0. The quantitative estimate of drug-likeness (QED) is 0.400. The fraction of sp³-hybridized carbons (Fsp3) is 0.467. The highest BCUT2D eigenvalue weighted by Crippen LogP contribution is 2.05. The Morgan fingerprint density at radius 3 is 2.33 bits per heavy atom. The lowest BCUT2D eigenvalue weighted by atomic mass is 10.1. The van der Waals surface area contributed by atoms with Gasteiger partial charge in [-0.25, -0.2) is 4.99 Å². The van der Waals surface area contributed by atoms with Crippen molar-refractivity contribution in [2.75, 3.05) is 13.6 Å². The Labute approximate surface area is 144 Å².